The summed E-state index contributed by atoms with van der Waals surface area (Å²) in [6.45, 7) is 0.321. The summed E-state index contributed by atoms with van der Waals surface area (Å²) in [6.07, 6.45) is 2.11. The van der Waals surface area contributed by atoms with Gasteiger partial charge in [-0.05, 0) is 48.7 Å². The number of alkyl halides is 2. The molecule has 3 rings (SSSR count). The minimum Gasteiger partial charge on any atom is -0.326 e. The number of carbonyl (C=O) groups is 2. The van der Waals surface area contributed by atoms with E-state index in [1.165, 1.54) is 12.1 Å². The Hall–Kier alpha value is -2.06. The average molecular weight is 408 g/mol. The van der Waals surface area contributed by atoms with Crippen LogP contribution in [0, 0.1) is 5.92 Å². The van der Waals surface area contributed by atoms with Gasteiger partial charge < -0.3 is 10.2 Å². The van der Waals surface area contributed by atoms with Crippen molar-refractivity contribution in [3.05, 3.63) is 48.5 Å². The molecule has 1 atom stereocenters. The monoisotopic (exact) mass is 408 g/mol. The number of nitrogens with zero attached hydrogens (tertiary/aromatic N) is 1. The van der Waals surface area contributed by atoms with Crippen LogP contribution in [0.1, 0.15) is 6.42 Å². The summed E-state index contributed by atoms with van der Waals surface area (Å²) < 4.78 is 24.7. The second-order valence-corrected chi connectivity index (χ2v) is 7.94. The lowest BCUT2D eigenvalue weighted by molar-refractivity contribution is -0.122. The highest BCUT2D eigenvalue weighted by Crippen LogP contribution is 2.29. The van der Waals surface area contributed by atoms with E-state index < -0.39 is 11.7 Å². The van der Waals surface area contributed by atoms with Crippen LogP contribution in [0.25, 0.3) is 0 Å². The van der Waals surface area contributed by atoms with Crippen LogP contribution in [0.15, 0.2) is 58.3 Å². The molecular weight excluding hydrogens is 390 g/mol. The molecule has 1 fully saturated rings. The molecule has 27 heavy (non-hydrogen) atoms. The van der Waals surface area contributed by atoms with Crippen molar-refractivity contribution in [3.8, 4) is 0 Å². The molecule has 0 unspecified atom stereocenters. The van der Waals surface area contributed by atoms with E-state index in [1.54, 1.807) is 28.8 Å². The van der Waals surface area contributed by atoms with Gasteiger partial charge in [-0.1, -0.05) is 17.8 Å². The predicted octanol–water partition coefficient (Wildman–Crippen LogP) is 4.71. The smallest absolute Gasteiger partial charge is 0.288 e. The number of amides is 2. The molecule has 2 aromatic rings. The van der Waals surface area contributed by atoms with E-state index in [0.717, 1.165) is 10.6 Å². The third kappa shape index (κ3) is 5.01. The summed E-state index contributed by atoms with van der Waals surface area (Å²) in [7, 11) is 0. The molecule has 0 spiro atoms. The first-order valence-electron chi connectivity index (χ1n) is 8.26. The Morgan fingerprint density at radius 2 is 1.93 bits per heavy atom. The first kappa shape index (κ1) is 19.7. The van der Waals surface area contributed by atoms with E-state index in [2.05, 4.69) is 5.32 Å². The number of rotatable bonds is 6. The van der Waals surface area contributed by atoms with Gasteiger partial charge in [-0.2, -0.15) is 8.78 Å². The Balaban J connectivity index is 1.63. The van der Waals surface area contributed by atoms with Crippen molar-refractivity contribution in [1.82, 2.24) is 0 Å². The minimum atomic E-state index is -2.48. The van der Waals surface area contributed by atoms with Gasteiger partial charge in [0.25, 0.3) is 5.76 Å². The molecule has 142 valence electrons. The van der Waals surface area contributed by atoms with Crippen molar-refractivity contribution in [2.45, 2.75) is 22.0 Å². The molecule has 0 saturated carbocycles. The van der Waals surface area contributed by atoms with Gasteiger partial charge in [-0.3, -0.25) is 9.59 Å². The van der Waals surface area contributed by atoms with Crippen LogP contribution in [-0.4, -0.2) is 30.4 Å². The minimum absolute atomic E-state index is 0.0860. The van der Waals surface area contributed by atoms with Gasteiger partial charge in [-0.25, -0.2) is 0 Å². The summed E-state index contributed by atoms with van der Waals surface area (Å²) in [5.41, 5.74) is 1.31. The van der Waals surface area contributed by atoms with Crippen molar-refractivity contribution >= 4 is 46.7 Å². The first-order valence-corrected chi connectivity index (χ1v) is 10.4. The van der Waals surface area contributed by atoms with Crippen molar-refractivity contribution in [1.29, 1.82) is 0 Å². The zero-order valence-corrected chi connectivity index (χ0v) is 16.2. The van der Waals surface area contributed by atoms with Crippen LogP contribution < -0.4 is 10.2 Å². The Morgan fingerprint density at radius 1 is 1.19 bits per heavy atom. The lowest BCUT2D eigenvalue weighted by Crippen LogP contribution is -2.28. The van der Waals surface area contributed by atoms with Gasteiger partial charge in [-0.15, -0.1) is 11.8 Å². The first-order chi connectivity index (χ1) is 13.0. The van der Waals surface area contributed by atoms with E-state index in [4.69, 9.17) is 0 Å². The molecule has 1 aliphatic rings. The molecular formula is C19H18F2N2O2S2. The lowest BCUT2D eigenvalue weighted by Gasteiger charge is -2.17. The number of halogens is 2. The van der Waals surface area contributed by atoms with E-state index in [9.17, 15) is 18.4 Å². The Kier molecular flexibility index (Phi) is 6.38. The average Bonchev–Trinajstić information content (AvgIpc) is 3.05. The molecule has 0 aliphatic carbocycles. The predicted molar refractivity (Wildman–Crippen MR) is 106 cm³/mol. The number of benzene rings is 2. The summed E-state index contributed by atoms with van der Waals surface area (Å²) in [4.78, 5) is 28.0. The third-order valence-corrected chi connectivity index (χ3v) is 5.66. The Bertz CT molecular complexity index is 831. The van der Waals surface area contributed by atoms with Gasteiger partial charge in [0.1, 0.15) is 0 Å². The maximum Gasteiger partial charge on any atom is 0.288 e. The van der Waals surface area contributed by atoms with Crippen molar-refractivity contribution < 1.29 is 18.4 Å². The molecule has 1 heterocycles. The van der Waals surface area contributed by atoms with Crippen LogP contribution in [0.2, 0.25) is 0 Å². The molecule has 0 bridgehead atoms. The fourth-order valence-corrected chi connectivity index (χ4v) is 3.83. The largest absolute Gasteiger partial charge is 0.326 e. The normalized spacial score (nSPS) is 16.8. The highest BCUT2D eigenvalue weighted by Gasteiger charge is 2.35. The zero-order valence-electron chi connectivity index (χ0n) is 14.5. The maximum absolute atomic E-state index is 12.5. The van der Waals surface area contributed by atoms with E-state index in [0.29, 0.717) is 28.9 Å². The molecule has 4 nitrogen and oxygen atoms in total. The van der Waals surface area contributed by atoms with Crippen molar-refractivity contribution in [2.24, 2.45) is 5.92 Å². The highest BCUT2D eigenvalue weighted by atomic mass is 32.2. The zero-order chi connectivity index (χ0) is 19.4. The molecule has 8 heteroatoms. The fraction of sp³-hybridized carbons (Fsp3) is 0.263. The summed E-state index contributed by atoms with van der Waals surface area (Å²) >= 11 is 2.04. The number of anilines is 2. The van der Waals surface area contributed by atoms with Crippen LogP contribution in [0.4, 0.5) is 20.2 Å². The topological polar surface area (TPSA) is 49.4 Å². The third-order valence-electron chi connectivity index (χ3n) is 4.21. The number of hydrogen-bond acceptors (Lipinski definition) is 4. The number of carbonyl (C=O) groups excluding carboxylic acids is 2. The Morgan fingerprint density at radius 3 is 2.59 bits per heavy atom. The van der Waals surface area contributed by atoms with Crippen LogP contribution in [0.5, 0.6) is 0 Å². The molecule has 1 saturated heterocycles. The molecule has 1 aliphatic heterocycles. The highest BCUT2D eigenvalue weighted by molar-refractivity contribution is 7.99. The van der Waals surface area contributed by atoms with Gasteiger partial charge in [0.05, 0.1) is 5.92 Å². The summed E-state index contributed by atoms with van der Waals surface area (Å²) in [5, 5.41) is 2.76. The van der Waals surface area contributed by atoms with Gasteiger partial charge in [0.2, 0.25) is 11.8 Å². The quantitative estimate of drug-likeness (QED) is 0.703. The molecule has 0 aromatic heterocycles. The van der Waals surface area contributed by atoms with Crippen LogP contribution in [0.3, 0.4) is 0 Å². The van der Waals surface area contributed by atoms with Gasteiger partial charge >= 0.3 is 0 Å². The molecule has 0 radical (unpaired) electrons. The van der Waals surface area contributed by atoms with E-state index >= 15 is 0 Å². The van der Waals surface area contributed by atoms with E-state index in [1.807, 2.05) is 30.5 Å². The number of nitrogens with one attached hydrogen (secondary N) is 1. The summed E-state index contributed by atoms with van der Waals surface area (Å²) in [5.74, 6) is -3.27. The molecule has 1 N–H and O–H groups in total. The van der Waals surface area contributed by atoms with Crippen molar-refractivity contribution in [2.75, 3.05) is 23.0 Å². The Labute approximate surface area is 164 Å². The second-order valence-electron chi connectivity index (χ2n) is 6.00. The maximum atomic E-state index is 12.5. The second kappa shape index (κ2) is 8.75. The lowest BCUT2D eigenvalue weighted by atomic mass is 10.1. The molecule has 2 aromatic carbocycles. The fourth-order valence-electron chi connectivity index (χ4n) is 2.88. The number of thioether (sulfide) groups is 2. The van der Waals surface area contributed by atoms with Crippen LogP contribution in [-0.2, 0) is 9.59 Å². The van der Waals surface area contributed by atoms with Crippen LogP contribution >= 0.6 is 23.5 Å². The number of hydrogen-bond donors (Lipinski definition) is 1. The van der Waals surface area contributed by atoms with E-state index in [-0.39, 0.29) is 18.2 Å². The summed E-state index contributed by atoms with van der Waals surface area (Å²) in [6, 6.07) is 13.9. The molecule has 2 amide bonds. The standard InChI is InChI=1S/C19H18F2N2O2S2/c1-26-16-4-2-3-14(10-16)23-11-12(9-17(23)24)18(25)22-13-5-7-15(8-6-13)27-19(20)21/h2-8,10,12,19H,9,11H2,1H3,(H,22,25)/t12-/m0/s1. The van der Waals surface area contributed by atoms with Gasteiger partial charge in [0.15, 0.2) is 0 Å². The van der Waals surface area contributed by atoms with Crippen molar-refractivity contribution in [3.63, 3.8) is 0 Å². The van der Waals surface area contributed by atoms with Gasteiger partial charge in [0, 0.05) is 34.1 Å². The SMILES string of the molecule is CSc1cccc(N2C[C@@H](C(=O)Nc3ccc(SC(F)F)cc3)CC2=O)c1.